The van der Waals surface area contributed by atoms with Crippen LogP contribution in [0.2, 0.25) is 0 Å². The molecule has 0 spiro atoms. The van der Waals surface area contributed by atoms with Gasteiger partial charge in [-0.3, -0.25) is 4.99 Å². The van der Waals surface area contributed by atoms with Crippen molar-refractivity contribution < 1.29 is 0 Å². The lowest BCUT2D eigenvalue weighted by Crippen LogP contribution is -2.12. The van der Waals surface area contributed by atoms with E-state index in [-0.39, 0.29) is 0 Å². The van der Waals surface area contributed by atoms with Gasteiger partial charge in [0.05, 0.1) is 18.0 Å². The van der Waals surface area contributed by atoms with Gasteiger partial charge in [0.1, 0.15) is 0 Å². The summed E-state index contributed by atoms with van der Waals surface area (Å²) in [5.41, 5.74) is 5.06. The van der Waals surface area contributed by atoms with Crippen molar-refractivity contribution in [3.63, 3.8) is 0 Å². The smallest absolute Gasteiger partial charge is 0.0647 e. The van der Waals surface area contributed by atoms with Crippen LogP contribution >= 0.6 is 0 Å². The zero-order valence-corrected chi connectivity index (χ0v) is 9.35. The number of benzene rings is 1. The molecule has 0 unspecified atom stereocenters. The molecule has 1 aliphatic heterocycles. The second-order valence-electron chi connectivity index (χ2n) is 4.19. The van der Waals surface area contributed by atoms with Crippen LogP contribution in [0, 0.1) is 0 Å². The van der Waals surface area contributed by atoms with Gasteiger partial charge in [-0.2, -0.15) is 0 Å². The zero-order chi connectivity index (χ0) is 11.0. The Morgan fingerprint density at radius 3 is 2.75 bits per heavy atom. The minimum absolute atomic E-state index is 0.799. The number of hydrogen-bond donors (Lipinski definition) is 0. The summed E-state index contributed by atoms with van der Waals surface area (Å²) in [6, 6.07) is 12.8. The summed E-state index contributed by atoms with van der Waals surface area (Å²) < 4.78 is 2.26. The molecule has 2 nitrogen and oxygen atoms in total. The van der Waals surface area contributed by atoms with Crippen molar-refractivity contribution in [3.8, 4) is 0 Å². The first-order valence-electron chi connectivity index (χ1n) is 5.58. The Labute approximate surface area is 95.3 Å². The van der Waals surface area contributed by atoms with Crippen molar-refractivity contribution >= 4 is 5.71 Å². The fourth-order valence-corrected chi connectivity index (χ4v) is 2.21. The predicted molar refractivity (Wildman–Crippen MR) is 65.9 cm³/mol. The SMILES string of the molecule is CC1=NCc2ccccc2Cn2cccc21. The minimum Gasteiger partial charge on any atom is -0.342 e. The molecule has 80 valence electrons. The Morgan fingerprint density at radius 2 is 1.88 bits per heavy atom. The van der Waals surface area contributed by atoms with Crippen molar-refractivity contribution in [1.82, 2.24) is 4.57 Å². The van der Waals surface area contributed by atoms with Crippen LogP contribution in [0.5, 0.6) is 0 Å². The molecule has 1 aromatic carbocycles. The fourth-order valence-electron chi connectivity index (χ4n) is 2.21. The molecular formula is C14H14N2. The normalized spacial score (nSPS) is 14.4. The van der Waals surface area contributed by atoms with Gasteiger partial charge in [-0.05, 0) is 30.2 Å². The van der Waals surface area contributed by atoms with Gasteiger partial charge < -0.3 is 4.57 Å². The average molecular weight is 210 g/mol. The van der Waals surface area contributed by atoms with E-state index in [1.54, 1.807) is 0 Å². The lowest BCUT2D eigenvalue weighted by molar-refractivity contribution is 0.775. The summed E-state index contributed by atoms with van der Waals surface area (Å²) in [4.78, 5) is 4.63. The molecule has 2 heterocycles. The highest BCUT2D eigenvalue weighted by molar-refractivity contribution is 5.97. The van der Waals surface area contributed by atoms with Gasteiger partial charge in [0.15, 0.2) is 0 Å². The molecule has 0 N–H and O–H groups in total. The summed E-state index contributed by atoms with van der Waals surface area (Å²) in [6.45, 7) is 3.83. The zero-order valence-electron chi connectivity index (χ0n) is 9.35. The van der Waals surface area contributed by atoms with Crippen LogP contribution in [0.25, 0.3) is 0 Å². The summed E-state index contributed by atoms with van der Waals surface area (Å²) in [5, 5.41) is 0. The highest BCUT2D eigenvalue weighted by atomic mass is 15.0. The molecule has 0 atom stereocenters. The molecule has 0 radical (unpaired) electrons. The monoisotopic (exact) mass is 210 g/mol. The molecule has 0 saturated carbocycles. The Balaban J connectivity index is 2.16. The molecule has 2 aromatic rings. The molecular weight excluding hydrogens is 196 g/mol. The molecule has 0 fully saturated rings. The van der Waals surface area contributed by atoms with Crippen LogP contribution in [-0.2, 0) is 13.1 Å². The summed E-state index contributed by atoms with van der Waals surface area (Å²) in [7, 11) is 0. The third kappa shape index (κ3) is 1.47. The van der Waals surface area contributed by atoms with E-state index in [2.05, 4.69) is 59.1 Å². The van der Waals surface area contributed by atoms with Crippen molar-refractivity contribution in [2.45, 2.75) is 20.0 Å². The van der Waals surface area contributed by atoms with Gasteiger partial charge in [0, 0.05) is 12.7 Å². The van der Waals surface area contributed by atoms with Crippen molar-refractivity contribution in [2.75, 3.05) is 0 Å². The first kappa shape index (κ1) is 9.40. The molecule has 0 bridgehead atoms. The van der Waals surface area contributed by atoms with Gasteiger partial charge in [0.25, 0.3) is 0 Å². The second kappa shape index (κ2) is 3.63. The van der Waals surface area contributed by atoms with Crippen molar-refractivity contribution in [3.05, 3.63) is 59.4 Å². The number of aliphatic imine (C=N–C) groups is 1. The van der Waals surface area contributed by atoms with Crippen LogP contribution in [-0.4, -0.2) is 10.3 Å². The average Bonchev–Trinajstić information content (AvgIpc) is 2.73. The van der Waals surface area contributed by atoms with E-state index in [9.17, 15) is 0 Å². The maximum Gasteiger partial charge on any atom is 0.0647 e. The quantitative estimate of drug-likeness (QED) is 0.636. The van der Waals surface area contributed by atoms with E-state index in [1.165, 1.54) is 16.8 Å². The number of hydrogen-bond acceptors (Lipinski definition) is 1. The maximum absolute atomic E-state index is 4.63. The topological polar surface area (TPSA) is 17.3 Å². The second-order valence-corrected chi connectivity index (χ2v) is 4.19. The lowest BCUT2D eigenvalue weighted by Gasteiger charge is -2.15. The third-order valence-electron chi connectivity index (χ3n) is 3.15. The Morgan fingerprint density at radius 1 is 1.06 bits per heavy atom. The number of fused-ring (bicyclic) bond motifs is 2. The molecule has 0 aliphatic carbocycles. The van der Waals surface area contributed by atoms with Crippen molar-refractivity contribution in [1.29, 1.82) is 0 Å². The lowest BCUT2D eigenvalue weighted by atomic mass is 10.1. The Bertz CT molecular complexity index is 549. The number of nitrogens with zero attached hydrogens (tertiary/aromatic N) is 2. The predicted octanol–water partition coefficient (Wildman–Crippen LogP) is 2.86. The molecule has 16 heavy (non-hydrogen) atoms. The van der Waals surface area contributed by atoms with E-state index >= 15 is 0 Å². The number of aromatic nitrogens is 1. The van der Waals surface area contributed by atoms with Gasteiger partial charge in [-0.15, -0.1) is 0 Å². The molecule has 0 saturated heterocycles. The standard InChI is InChI=1S/C14H14N2/c1-11-14-7-4-8-16(14)10-13-6-3-2-5-12(13)9-15-11/h2-8H,9-10H2,1H3. The van der Waals surface area contributed by atoms with Crippen LogP contribution in [0.3, 0.4) is 0 Å². The van der Waals surface area contributed by atoms with E-state index < -0.39 is 0 Å². The van der Waals surface area contributed by atoms with Gasteiger partial charge >= 0.3 is 0 Å². The molecule has 3 rings (SSSR count). The van der Waals surface area contributed by atoms with Crippen LogP contribution in [0.1, 0.15) is 23.7 Å². The van der Waals surface area contributed by atoms with Gasteiger partial charge in [-0.1, -0.05) is 24.3 Å². The first-order chi connectivity index (χ1) is 7.84. The van der Waals surface area contributed by atoms with E-state index in [1.807, 2.05) is 0 Å². The van der Waals surface area contributed by atoms with Crippen molar-refractivity contribution in [2.24, 2.45) is 4.99 Å². The van der Waals surface area contributed by atoms with Gasteiger partial charge in [0.2, 0.25) is 0 Å². The molecule has 1 aliphatic rings. The Kier molecular flexibility index (Phi) is 2.13. The maximum atomic E-state index is 4.63. The summed E-state index contributed by atoms with van der Waals surface area (Å²) in [6.07, 6.45) is 2.12. The molecule has 0 amide bonds. The summed E-state index contributed by atoms with van der Waals surface area (Å²) >= 11 is 0. The molecule has 1 aromatic heterocycles. The molecule has 2 heteroatoms. The highest BCUT2D eigenvalue weighted by Gasteiger charge is 2.10. The minimum atomic E-state index is 0.799. The Hall–Kier alpha value is -1.83. The van der Waals surface area contributed by atoms with E-state index in [0.717, 1.165) is 18.8 Å². The van der Waals surface area contributed by atoms with Crippen LogP contribution < -0.4 is 0 Å². The largest absolute Gasteiger partial charge is 0.342 e. The summed E-state index contributed by atoms with van der Waals surface area (Å²) in [5.74, 6) is 0. The first-order valence-corrected chi connectivity index (χ1v) is 5.58. The van der Waals surface area contributed by atoms with Crippen LogP contribution in [0.15, 0.2) is 47.6 Å². The number of rotatable bonds is 0. The fraction of sp³-hybridized carbons (Fsp3) is 0.214. The van der Waals surface area contributed by atoms with E-state index in [0.29, 0.717) is 0 Å². The third-order valence-corrected chi connectivity index (χ3v) is 3.15. The van der Waals surface area contributed by atoms with Gasteiger partial charge in [-0.25, -0.2) is 0 Å². The van der Waals surface area contributed by atoms with E-state index in [4.69, 9.17) is 0 Å². The highest BCUT2D eigenvalue weighted by Crippen LogP contribution is 2.17. The van der Waals surface area contributed by atoms with Crippen LogP contribution in [0.4, 0.5) is 0 Å².